The molecule has 0 spiro atoms. The van der Waals surface area contributed by atoms with Crippen LogP contribution in [-0.4, -0.2) is 49.7 Å². The van der Waals surface area contributed by atoms with Crippen molar-refractivity contribution in [3.63, 3.8) is 0 Å². The second kappa shape index (κ2) is 9.61. The first kappa shape index (κ1) is 15.8. The molecular formula is C13H25N3O3. The van der Waals surface area contributed by atoms with Gasteiger partial charge in [-0.15, -0.1) is 0 Å². The van der Waals surface area contributed by atoms with Crippen molar-refractivity contribution in [1.29, 1.82) is 0 Å². The Labute approximate surface area is 114 Å². The smallest absolute Gasteiger partial charge is 0.404 e. The Morgan fingerprint density at radius 2 is 1.68 bits per heavy atom. The van der Waals surface area contributed by atoms with Crippen molar-refractivity contribution in [2.24, 2.45) is 5.73 Å². The number of hydrogen-bond donors (Lipinski definition) is 2. The number of piperazine rings is 1. The predicted molar refractivity (Wildman–Crippen MR) is 72.7 cm³/mol. The van der Waals surface area contributed by atoms with Crippen LogP contribution in [0.2, 0.25) is 0 Å². The number of unbranched alkanes of at least 4 members (excludes halogenated alkanes) is 4. The predicted octanol–water partition coefficient (Wildman–Crippen LogP) is 0.854. The molecule has 1 rings (SSSR count). The van der Waals surface area contributed by atoms with E-state index in [0.29, 0.717) is 13.0 Å². The van der Waals surface area contributed by atoms with Crippen LogP contribution >= 0.6 is 0 Å². The van der Waals surface area contributed by atoms with Crippen LogP contribution in [0.4, 0.5) is 4.79 Å². The van der Waals surface area contributed by atoms with E-state index in [1.807, 2.05) is 4.90 Å². The third-order valence-electron chi connectivity index (χ3n) is 3.25. The molecule has 0 aromatic carbocycles. The first-order valence-corrected chi connectivity index (χ1v) is 7.11. The molecule has 0 unspecified atom stereocenters. The molecule has 1 aliphatic rings. The zero-order valence-electron chi connectivity index (χ0n) is 11.5. The fraction of sp³-hybridized carbons (Fsp3) is 0.846. The van der Waals surface area contributed by atoms with Crippen LogP contribution in [0.1, 0.15) is 38.5 Å². The van der Waals surface area contributed by atoms with E-state index in [2.05, 4.69) is 10.1 Å². The van der Waals surface area contributed by atoms with Crippen molar-refractivity contribution in [3.05, 3.63) is 0 Å². The number of carbonyl (C=O) groups is 2. The van der Waals surface area contributed by atoms with E-state index in [4.69, 9.17) is 5.73 Å². The van der Waals surface area contributed by atoms with Gasteiger partial charge in [-0.05, 0) is 12.8 Å². The lowest BCUT2D eigenvalue weighted by atomic mass is 10.1. The Balaban J connectivity index is 1.89. The molecule has 0 aliphatic carbocycles. The van der Waals surface area contributed by atoms with E-state index in [1.54, 1.807) is 0 Å². The van der Waals surface area contributed by atoms with Crippen LogP contribution in [0.5, 0.6) is 0 Å². The van der Waals surface area contributed by atoms with Gasteiger partial charge in [0, 0.05) is 32.6 Å². The van der Waals surface area contributed by atoms with E-state index in [-0.39, 0.29) is 5.91 Å². The maximum atomic E-state index is 11.8. The van der Waals surface area contributed by atoms with Crippen LogP contribution in [-0.2, 0) is 9.53 Å². The molecule has 3 N–H and O–H groups in total. The molecule has 1 heterocycles. The standard InChI is InChI=1S/C13H25N3O3/c14-13(18)19-11-5-3-1-2-4-6-12(17)16-9-7-15-8-10-16/h15H,1-11H2,(H2,14,18). The van der Waals surface area contributed by atoms with Crippen LogP contribution in [0.15, 0.2) is 0 Å². The van der Waals surface area contributed by atoms with E-state index in [1.165, 1.54) is 0 Å². The Kier molecular flexibility index (Phi) is 7.97. The lowest BCUT2D eigenvalue weighted by Crippen LogP contribution is -2.46. The van der Waals surface area contributed by atoms with Crippen molar-refractivity contribution in [1.82, 2.24) is 10.2 Å². The van der Waals surface area contributed by atoms with Gasteiger partial charge >= 0.3 is 6.09 Å². The fourth-order valence-corrected chi connectivity index (χ4v) is 2.15. The van der Waals surface area contributed by atoms with Gasteiger partial charge in [-0.3, -0.25) is 4.79 Å². The minimum Gasteiger partial charge on any atom is -0.450 e. The zero-order valence-corrected chi connectivity index (χ0v) is 11.5. The zero-order chi connectivity index (χ0) is 13.9. The number of nitrogens with one attached hydrogen (secondary N) is 1. The number of primary amides is 1. The number of rotatable bonds is 8. The van der Waals surface area contributed by atoms with Gasteiger partial charge in [-0.2, -0.15) is 0 Å². The van der Waals surface area contributed by atoms with Crippen molar-refractivity contribution in [3.8, 4) is 0 Å². The SMILES string of the molecule is NC(=O)OCCCCCCCC(=O)N1CCNCC1. The van der Waals surface area contributed by atoms with Gasteiger partial charge in [-0.1, -0.05) is 19.3 Å². The molecule has 0 saturated carbocycles. The quantitative estimate of drug-likeness (QED) is 0.641. The van der Waals surface area contributed by atoms with Gasteiger partial charge in [0.15, 0.2) is 0 Å². The van der Waals surface area contributed by atoms with Crippen molar-refractivity contribution < 1.29 is 14.3 Å². The summed E-state index contributed by atoms with van der Waals surface area (Å²) in [6, 6.07) is 0. The Hall–Kier alpha value is -1.30. The van der Waals surface area contributed by atoms with Gasteiger partial charge < -0.3 is 20.7 Å². The molecule has 1 fully saturated rings. The number of nitrogens with two attached hydrogens (primary N) is 1. The summed E-state index contributed by atoms with van der Waals surface area (Å²) in [4.78, 5) is 24.1. The molecule has 0 aromatic heterocycles. The molecule has 19 heavy (non-hydrogen) atoms. The summed E-state index contributed by atoms with van der Waals surface area (Å²) in [7, 11) is 0. The Morgan fingerprint density at radius 1 is 1.05 bits per heavy atom. The molecule has 6 heteroatoms. The van der Waals surface area contributed by atoms with Gasteiger partial charge in [0.1, 0.15) is 0 Å². The summed E-state index contributed by atoms with van der Waals surface area (Å²) >= 11 is 0. The van der Waals surface area contributed by atoms with Gasteiger partial charge in [-0.25, -0.2) is 4.79 Å². The van der Waals surface area contributed by atoms with Crippen LogP contribution in [0.3, 0.4) is 0 Å². The van der Waals surface area contributed by atoms with Crippen molar-refractivity contribution >= 4 is 12.0 Å². The van der Waals surface area contributed by atoms with Crippen molar-refractivity contribution in [2.75, 3.05) is 32.8 Å². The second-order valence-corrected chi connectivity index (χ2v) is 4.82. The molecule has 0 atom stereocenters. The number of ether oxygens (including phenoxy) is 1. The highest BCUT2D eigenvalue weighted by Crippen LogP contribution is 2.08. The topological polar surface area (TPSA) is 84.7 Å². The first-order chi connectivity index (χ1) is 9.20. The number of carbonyl (C=O) groups excluding carboxylic acids is 2. The first-order valence-electron chi connectivity index (χ1n) is 7.11. The number of nitrogens with zero attached hydrogens (tertiary/aromatic N) is 1. The van der Waals surface area contributed by atoms with Crippen LogP contribution < -0.4 is 11.1 Å². The van der Waals surface area contributed by atoms with Crippen LogP contribution in [0, 0.1) is 0 Å². The molecule has 110 valence electrons. The van der Waals surface area contributed by atoms with Gasteiger partial charge in [0.05, 0.1) is 6.61 Å². The number of hydrogen-bond acceptors (Lipinski definition) is 4. The summed E-state index contributed by atoms with van der Waals surface area (Å²) in [6.45, 7) is 3.89. The minimum absolute atomic E-state index is 0.276. The van der Waals surface area contributed by atoms with E-state index in [9.17, 15) is 9.59 Å². The highest BCUT2D eigenvalue weighted by atomic mass is 16.5. The van der Waals surface area contributed by atoms with E-state index < -0.39 is 6.09 Å². The minimum atomic E-state index is -0.707. The maximum Gasteiger partial charge on any atom is 0.404 e. The summed E-state index contributed by atoms with van der Waals surface area (Å²) in [5.41, 5.74) is 4.85. The third kappa shape index (κ3) is 7.66. The summed E-state index contributed by atoms with van der Waals surface area (Å²) < 4.78 is 4.64. The maximum absolute atomic E-state index is 11.8. The monoisotopic (exact) mass is 271 g/mol. The molecule has 0 bridgehead atoms. The molecule has 2 amide bonds. The molecule has 0 radical (unpaired) electrons. The average molecular weight is 271 g/mol. The number of amides is 2. The molecule has 1 saturated heterocycles. The molecule has 0 aromatic rings. The summed E-state index contributed by atoms with van der Waals surface area (Å²) in [5, 5.41) is 3.23. The van der Waals surface area contributed by atoms with E-state index >= 15 is 0 Å². The lowest BCUT2D eigenvalue weighted by Gasteiger charge is -2.27. The highest BCUT2D eigenvalue weighted by molar-refractivity contribution is 5.76. The Bertz CT molecular complexity index is 278. The Morgan fingerprint density at radius 3 is 2.37 bits per heavy atom. The van der Waals surface area contributed by atoms with Gasteiger partial charge in [0.25, 0.3) is 0 Å². The largest absolute Gasteiger partial charge is 0.450 e. The highest BCUT2D eigenvalue weighted by Gasteiger charge is 2.14. The summed E-state index contributed by atoms with van der Waals surface area (Å²) in [6.07, 6.45) is 4.86. The summed E-state index contributed by atoms with van der Waals surface area (Å²) in [5.74, 6) is 0.276. The normalized spacial score (nSPS) is 15.3. The molecule has 6 nitrogen and oxygen atoms in total. The lowest BCUT2D eigenvalue weighted by molar-refractivity contribution is -0.131. The van der Waals surface area contributed by atoms with E-state index in [0.717, 1.165) is 58.3 Å². The molecule has 1 aliphatic heterocycles. The second-order valence-electron chi connectivity index (χ2n) is 4.82. The van der Waals surface area contributed by atoms with Crippen LogP contribution in [0.25, 0.3) is 0 Å². The third-order valence-corrected chi connectivity index (χ3v) is 3.25. The molecular weight excluding hydrogens is 246 g/mol. The average Bonchev–Trinajstić information content (AvgIpc) is 2.42. The van der Waals surface area contributed by atoms with Gasteiger partial charge in [0.2, 0.25) is 5.91 Å². The fourth-order valence-electron chi connectivity index (χ4n) is 2.15. The van der Waals surface area contributed by atoms with Crippen molar-refractivity contribution in [2.45, 2.75) is 38.5 Å².